The van der Waals surface area contributed by atoms with Gasteiger partial charge in [0.15, 0.2) is 6.10 Å². The fourth-order valence-corrected chi connectivity index (χ4v) is 7.85. The summed E-state index contributed by atoms with van der Waals surface area (Å²) in [5.41, 5.74) is 0. The lowest BCUT2D eigenvalue weighted by molar-refractivity contribution is -0.167. The minimum absolute atomic E-state index is 0.132. The molecule has 0 rings (SSSR count). The Morgan fingerprint density at radius 1 is 0.259 bits per heavy atom. The van der Waals surface area contributed by atoms with Gasteiger partial charge >= 0.3 is 17.9 Å². The molecular weight excluding hydrogens is 997 g/mol. The fourth-order valence-electron chi connectivity index (χ4n) is 7.85. The lowest BCUT2D eigenvalue weighted by Crippen LogP contribution is -2.30. The molecule has 0 spiro atoms. The van der Waals surface area contributed by atoms with Crippen LogP contribution in [0.3, 0.4) is 0 Å². The molecule has 1 atom stereocenters. The standard InChI is InChI=1S/C75H114O6/c1-4-7-10-13-16-19-22-25-28-31-34-36-37-39-41-44-47-50-53-56-59-62-65-68-74(77)80-71-72(70-79-73(76)67-64-61-58-55-52-49-46-43-40-33-30-27-24-21-18-15-12-9-6-3)81-75(78)69-66-63-60-57-54-51-48-45-42-38-35-32-29-26-23-20-17-14-11-8-5-2/h7-8,10-11,16-21,25-30,34-36,38-41,43,45,47-48,50,54,56-57,59,72H,4-6,9,12-15,22-24,31-33,37,42,44,46,49,51-53,55,58,60-71H2,1-3H3/b10-7-,11-8-,19-16-,20-17-,21-18-,28-25-,29-26-,30-27-,36-34-,38-35-,41-39-,43-40-,48-45-,50-47-,57-54-,59-56-. The summed E-state index contributed by atoms with van der Waals surface area (Å²) in [6.07, 6.45) is 101. The van der Waals surface area contributed by atoms with E-state index in [-0.39, 0.29) is 44.0 Å². The molecular formula is C75H114O6. The lowest BCUT2D eigenvalue weighted by Gasteiger charge is -2.18. The number of ether oxygens (including phenoxy) is 3. The zero-order valence-corrected chi connectivity index (χ0v) is 51.5. The monoisotopic (exact) mass is 1110 g/mol. The summed E-state index contributed by atoms with van der Waals surface area (Å²) in [5, 5.41) is 0. The molecule has 0 radical (unpaired) electrons. The minimum atomic E-state index is -0.845. The van der Waals surface area contributed by atoms with E-state index in [1.807, 2.05) is 0 Å². The van der Waals surface area contributed by atoms with Gasteiger partial charge in [-0.3, -0.25) is 14.4 Å². The SMILES string of the molecule is CC/C=C\C/C=C\C/C=C\C/C=C\C/C=C\C/C=C\C/C=C\CCCC(=O)OCC(COC(=O)CCCCCCCC/C=C\C/C=C\C/C=C\CCCCC)OC(=O)CCCC/C=C\C/C=C\C/C=C\C/C=C\C/C=C\C/C=C\CC. The highest BCUT2D eigenvalue weighted by atomic mass is 16.6. The Morgan fingerprint density at radius 3 is 0.827 bits per heavy atom. The van der Waals surface area contributed by atoms with Crippen molar-refractivity contribution < 1.29 is 28.6 Å². The van der Waals surface area contributed by atoms with Crippen LogP contribution in [-0.2, 0) is 28.6 Å². The molecule has 0 amide bonds. The Kier molecular flexibility index (Phi) is 62.0. The summed E-state index contributed by atoms with van der Waals surface area (Å²) in [7, 11) is 0. The first-order valence-electron chi connectivity index (χ1n) is 31.9. The highest BCUT2D eigenvalue weighted by Gasteiger charge is 2.19. The topological polar surface area (TPSA) is 78.9 Å². The highest BCUT2D eigenvalue weighted by Crippen LogP contribution is 2.12. The number of rotatable bonds is 55. The van der Waals surface area contributed by atoms with Crippen LogP contribution in [0.5, 0.6) is 0 Å². The van der Waals surface area contributed by atoms with Crippen LogP contribution in [0.25, 0.3) is 0 Å². The van der Waals surface area contributed by atoms with E-state index in [0.717, 1.165) is 148 Å². The molecule has 0 saturated carbocycles. The molecule has 1 unspecified atom stereocenters. The average molecular weight is 1110 g/mol. The third-order valence-corrected chi connectivity index (χ3v) is 12.6. The summed E-state index contributed by atoms with van der Waals surface area (Å²) in [5.74, 6) is -1.06. The van der Waals surface area contributed by atoms with Crippen LogP contribution in [-0.4, -0.2) is 37.2 Å². The third-order valence-electron chi connectivity index (χ3n) is 12.6. The van der Waals surface area contributed by atoms with Crippen molar-refractivity contribution in [2.24, 2.45) is 0 Å². The first-order chi connectivity index (χ1) is 40.0. The van der Waals surface area contributed by atoms with E-state index in [4.69, 9.17) is 14.2 Å². The number of carbonyl (C=O) groups excluding carboxylic acids is 3. The van der Waals surface area contributed by atoms with Crippen molar-refractivity contribution in [2.45, 2.75) is 245 Å². The number of allylic oxidation sites excluding steroid dienone is 32. The largest absolute Gasteiger partial charge is 0.462 e. The maximum atomic E-state index is 12.9. The van der Waals surface area contributed by atoms with Crippen molar-refractivity contribution in [3.05, 3.63) is 194 Å². The molecule has 0 saturated heterocycles. The molecule has 0 bridgehead atoms. The van der Waals surface area contributed by atoms with Gasteiger partial charge in [-0.1, -0.05) is 254 Å². The molecule has 0 aromatic carbocycles. The number of hydrogen-bond donors (Lipinski definition) is 0. The van der Waals surface area contributed by atoms with E-state index < -0.39 is 6.10 Å². The number of esters is 3. The van der Waals surface area contributed by atoms with Crippen LogP contribution in [0, 0.1) is 0 Å². The second kappa shape index (κ2) is 66.8. The van der Waals surface area contributed by atoms with Gasteiger partial charge < -0.3 is 14.2 Å². The third kappa shape index (κ3) is 64.9. The molecule has 450 valence electrons. The van der Waals surface area contributed by atoms with E-state index in [0.29, 0.717) is 19.3 Å². The van der Waals surface area contributed by atoms with E-state index in [9.17, 15) is 14.4 Å². The van der Waals surface area contributed by atoms with Gasteiger partial charge in [0.1, 0.15) is 13.2 Å². The van der Waals surface area contributed by atoms with Crippen LogP contribution in [0.15, 0.2) is 194 Å². The molecule has 0 fully saturated rings. The molecule has 0 aliphatic rings. The molecule has 0 heterocycles. The molecule has 0 aliphatic carbocycles. The molecule has 0 aromatic heterocycles. The van der Waals surface area contributed by atoms with Gasteiger partial charge in [-0.05, 0) is 161 Å². The maximum absolute atomic E-state index is 12.9. The summed E-state index contributed by atoms with van der Waals surface area (Å²) >= 11 is 0. The van der Waals surface area contributed by atoms with Crippen LogP contribution < -0.4 is 0 Å². The number of carbonyl (C=O) groups is 3. The molecule has 0 N–H and O–H groups in total. The van der Waals surface area contributed by atoms with Crippen LogP contribution in [0.1, 0.15) is 239 Å². The molecule has 6 heteroatoms. The Hall–Kier alpha value is -5.75. The van der Waals surface area contributed by atoms with E-state index in [1.165, 1.54) is 38.5 Å². The van der Waals surface area contributed by atoms with Crippen molar-refractivity contribution in [3.63, 3.8) is 0 Å². The Morgan fingerprint density at radius 2 is 0.494 bits per heavy atom. The van der Waals surface area contributed by atoms with Crippen LogP contribution in [0.2, 0.25) is 0 Å². The minimum Gasteiger partial charge on any atom is -0.462 e. The van der Waals surface area contributed by atoms with Gasteiger partial charge in [-0.2, -0.15) is 0 Å². The fraction of sp³-hybridized carbons (Fsp3) is 0.533. The van der Waals surface area contributed by atoms with E-state index in [1.54, 1.807) is 0 Å². The molecule has 81 heavy (non-hydrogen) atoms. The molecule has 0 aromatic rings. The van der Waals surface area contributed by atoms with Crippen LogP contribution >= 0.6 is 0 Å². The first-order valence-corrected chi connectivity index (χ1v) is 31.9. The van der Waals surface area contributed by atoms with Crippen molar-refractivity contribution >= 4 is 17.9 Å². The normalized spacial score (nSPS) is 13.5. The van der Waals surface area contributed by atoms with E-state index >= 15 is 0 Å². The van der Waals surface area contributed by atoms with Gasteiger partial charge in [0, 0.05) is 19.3 Å². The maximum Gasteiger partial charge on any atom is 0.306 e. The predicted octanol–water partition coefficient (Wildman–Crippen LogP) is 22.2. The zero-order valence-electron chi connectivity index (χ0n) is 51.5. The molecule has 0 aliphatic heterocycles. The highest BCUT2D eigenvalue weighted by molar-refractivity contribution is 5.71. The van der Waals surface area contributed by atoms with Crippen molar-refractivity contribution in [1.82, 2.24) is 0 Å². The van der Waals surface area contributed by atoms with Crippen molar-refractivity contribution in [3.8, 4) is 0 Å². The van der Waals surface area contributed by atoms with Gasteiger partial charge in [0.25, 0.3) is 0 Å². The second-order valence-electron chi connectivity index (χ2n) is 20.2. The van der Waals surface area contributed by atoms with Crippen molar-refractivity contribution in [1.29, 1.82) is 0 Å². The zero-order chi connectivity index (χ0) is 58.5. The smallest absolute Gasteiger partial charge is 0.306 e. The summed E-state index contributed by atoms with van der Waals surface area (Å²) in [6.45, 7) is 6.27. The van der Waals surface area contributed by atoms with Crippen molar-refractivity contribution in [2.75, 3.05) is 13.2 Å². The lowest BCUT2D eigenvalue weighted by atomic mass is 10.1. The Bertz CT molecular complexity index is 1950. The average Bonchev–Trinajstić information content (AvgIpc) is 3.47. The van der Waals surface area contributed by atoms with Crippen LogP contribution in [0.4, 0.5) is 0 Å². The molecule has 6 nitrogen and oxygen atoms in total. The summed E-state index contributed by atoms with van der Waals surface area (Å²) in [6, 6.07) is 0. The first kappa shape index (κ1) is 75.2. The summed E-state index contributed by atoms with van der Waals surface area (Å²) < 4.78 is 16.8. The number of unbranched alkanes of at least 4 members (excludes halogenated alkanes) is 12. The van der Waals surface area contributed by atoms with Gasteiger partial charge in [-0.15, -0.1) is 0 Å². The quantitative estimate of drug-likeness (QED) is 0.0261. The summed E-state index contributed by atoms with van der Waals surface area (Å²) in [4.78, 5) is 38.3. The Balaban J connectivity index is 4.64. The van der Waals surface area contributed by atoms with Gasteiger partial charge in [-0.25, -0.2) is 0 Å². The van der Waals surface area contributed by atoms with E-state index in [2.05, 4.69) is 215 Å². The second-order valence-corrected chi connectivity index (χ2v) is 20.2. The van der Waals surface area contributed by atoms with Gasteiger partial charge in [0.2, 0.25) is 0 Å². The predicted molar refractivity (Wildman–Crippen MR) is 352 cm³/mol. The Labute approximate surface area is 497 Å². The number of hydrogen-bond acceptors (Lipinski definition) is 6. The van der Waals surface area contributed by atoms with Gasteiger partial charge in [0.05, 0.1) is 0 Å².